The fourth-order valence-corrected chi connectivity index (χ4v) is 3.87. The van der Waals surface area contributed by atoms with Crippen LogP contribution in [0, 0.1) is 6.92 Å². The van der Waals surface area contributed by atoms with Crippen LogP contribution in [0.1, 0.15) is 5.56 Å². The van der Waals surface area contributed by atoms with Crippen molar-refractivity contribution in [3.8, 4) is 0 Å². The van der Waals surface area contributed by atoms with E-state index in [9.17, 15) is 8.42 Å². The number of anilines is 3. The number of rotatable bonds is 5. The molecule has 0 spiro atoms. The van der Waals surface area contributed by atoms with Gasteiger partial charge in [0.05, 0.1) is 15.9 Å². The molecule has 0 saturated carbocycles. The fraction of sp³-hybridized carbons (Fsp3) is 0.0476. The number of aromatic nitrogens is 2. The molecule has 0 amide bonds. The summed E-state index contributed by atoms with van der Waals surface area (Å²) in [6, 6.07) is 20.9. The minimum Gasteiger partial charge on any atom is -0.337 e. The van der Waals surface area contributed by atoms with Crippen molar-refractivity contribution in [1.82, 2.24) is 9.97 Å². The second-order valence-electron chi connectivity index (χ2n) is 6.46. The zero-order chi connectivity index (χ0) is 20.4. The van der Waals surface area contributed by atoms with E-state index in [2.05, 4.69) is 20.0 Å². The number of aryl methyl sites for hydroxylation is 1. The molecule has 29 heavy (non-hydrogen) atoms. The van der Waals surface area contributed by atoms with Crippen LogP contribution in [0.25, 0.3) is 11.0 Å². The van der Waals surface area contributed by atoms with Gasteiger partial charge in [0.15, 0.2) is 11.6 Å². The molecule has 0 aliphatic rings. The van der Waals surface area contributed by atoms with Crippen LogP contribution >= 0.6 is 11.6 Å². The van der Waals surface area contributed by atoms with Gasteiger partial charge in [0.2, 0.25) is 0 Å². The Morgan fingerprint density at radius 2 is 1.38 bits per heavy atom. The molecule has 0 unspecified atom stereocenters. The SMILES string of the molecule is Cc1ccc(Nc2nc3ccccc3nc2NS(=O)(=O)c2ccc(Cl)cc2)cc1. The van der Waals surface area contributed by atoms with Gasteiger partial charge in [-0.25, -0.2) is 18.4 Å². The average molecular weight is 425 g/mol. The van der Waals surface area contributed by atoms with Gasteiger partial charge in [-0.1, -0.05) is 41.4 Å². The number of nitrogens with one attached hydrogen (secondary N) is 2. The molecule has 0 aliphatic heterocycles. The van der Waals surface area contributed by atoms with Gasteiger partial charge in [0.25, 0.3) is 10.0 Å². The second-order valence-corrected chi connectivity index (χ2v) is 8.58. The summed E-state index contributed by atoms with van der Waals surface area (Å²) >= 11 is 5.87. The third-order valence-electron chi connectivity index (χ3n) is 4.24. The van der Waals surface area contributed by atoms with E-state index in [-0.39, 0.29) is 10.7 Å². The molecular formula is C21H17ClN4O2S. The summed E-state index contributed by atoms with van der Waals surface area (Å²) in [5.74, 6) is 0.421. The average Bonchev–Trinajstić information content (AvgIpc) is 2.70. The van der Waals surface area contributed by atoms with Gasteiger partial charge in [0.1, 0.15) is 0 Å². The molecule has 0 aliphatic carbocycles. The van der Waals surface area contributed by atoms with Crippen LogP contribution in [0.3, 0.4) is 0 Å². The number of fused-ring (bicyclic) bond motifs is 1. The topological polar surface area (TPSA) is 84.0 Å². The zero-order valence-electron chi connectivity index (χ0n) is 15.4. The summed E-state index contributed by atoms with van der Waals surface area (Å²) in [7, 11) is -3.87. The summed E-state index contributed by atoms with van der Waals surface area (Å²) in [4.78, 5) is 9.12. The highest BCUT2D eigenvalue weighted by atomic mass is 35.5. The largest absolute Gasteiger partial charge is 0.337 e. The highest BCUT2D eigenvalue weighted by Crippen LogP contribution is 2.27. The van der Waals surface area contributed by atoms with Gasteiger partial charge < -0.3 is 5.32 Å². The Kier molecular flexibility index (Phi) is 5.08. The maximum Gasteiger partial charge on any atom is 0.263 e. The van der Waals surface area contributed by atoms with Crippen molar-refractivity contribution in [2.45, 2.75) is 11.8 Å². The lowest BCUT2D eigenvalue weighted by Gasteiger charge is -2.14. The summed E-state index contributed by atoms with van der Waals surface area (Å²) in [6.45, 7) is 1.99. The third-order valence-corrected chi connectivity index (χ3v) is 5.85. The first kappa shape index (κ1) is 19.2. The van der Waals surface area contributed by atoms with E-state index in [0.29, 0.717) is 21.9 Å². The van der Waals surface area contributed by atoms with Gasteiger partial charge in [0, 0.05) is 10.7 Å². The molecule has 1 heterocycles. The maximum absolute atomic E-state index is 12.8. The van der Waals surface area contributed by atoms with Crippen LogP contribution in [0.4, 0.5) is 17.3 Å². The van der Waals surface area contributed by atoms with Crippen molar-refractivity contribution in [2.24, 2.45) is 0 Å². The Morgan fingerprint density at radius 3 is 2.00 bits per heavy atom. The van der Waals surface area contributed by atoms with Crippen molar-refractivity contribution < 1.29 is 8.42 Å². The van der Waals surface area contributed by atoms with Gasteiger partial charge >= 0.3 is 0 Å². The third kappa shape index (κ3) is 4.31. The zero-order valence-corrected chi connectivity index (χ0v) is 17.0. The van der Waals surface area contributed by atoms with E-state index >= 15 is 0 Å². The molecule has 4 rings (SSSR count). The number of hydrogen-bond donors (Lipinski definition) is 2. The number of hydrogen-bond acceptors (Lipinski definition) is 5. The second kappa shape index (κ2) is 7.69. The van der Waals surface area contributed by atoms with Crippen LogP contribution < -0.4 is 10.0 Å². The molecule has 0 bridgehead atoms. The number of para-hydroxylation sites is 2. The first-order valence-electron chi connectivity index (χ1n) is 8.80. The first-order chi connectivity index (χ1) is 13.9. The predicted octanol–water partition coefficient (Wildman–Crippen LogP) is 5.14. The molecule has 4 aromatic rings. The van der Waals surface area contributed by atoms with Crippen molar-refractivity contribution in [2.75, 3.05) is 10.0 Å². The van der Waals surface area contributed by atoms with Crippen LogP contribution in [-0.2, 0) is 10.0 Å². The minimum atomic E-state index is -3.87. The summed E-state index contributed by atoms with van der Waals surface area (Å²) in [5, 5.41) is 3.61. The summed E-state index contributed by atoms with van der Waals surface area (Å²) in [6.07, 6.45) is 0. The van der Waals surface area contributed by atoms with E-state index in [0.717, 1.165) is 11.3 Å². The molecule has 0 saturated heterocycles. The fourth-order valence-electron chi connectivity index (χ4n) is 2.73. The Labute approximate surface area is 173 Å². The molecular weight excluding hydrogens is 408 g/mol. The molecule has 0 atom stereocenters. The molecule has 0 fully saturated rings. The van der Waals surface area contributed by atoms with E-state index in [1.807, 2.05) is 49.4 Å². The number of nitrogens with zero attached hydrogens (tertiary/aromatic N) is 2. The molecule has 3 aromatic carbocycles. The molecule has 1 aromatic heterocycles. The lowest BCUT2D eigenvalue weighted by atomic mass is 10.2. The van der Waals surface area contributed by atoms with Gasteiger partial charge in [-0.05, 0) is 55.5 Å². The molecule has 6 nitrogen and oxygen atoms in total. The predicted molar refractivity (Wildman–Crippen MR) is 116 cm³/mol. The van der Waals surface area contributed by atoms with Crippen molar-refractivity contribution in [3.63, 3.8) is 0 Å². The Hall–Kier alpha value is -3.16. The van der Waals surface area contributed by atoms with Gasteiger partial charge in [-0.15, -0.1) is 0 Å². The number of halogens is 1. The van der Waals surface area contributed by atoms with Crippen LogP contribution in [0.2, 0.25) is 5.02 Å². The lowest BCUT2D eigenvalue weighted by Crippen LogP contribution is -2.16. The van der Waals surface area contributed by atoms with Crippen LogP contribution in [0.15, 0.2) is 77.7 Å². The smallest absolute Gasteiger partial charge is 0.263 e. The van der Waals surface area contributed by atoms with E-state index < -0.39 is 10.0 Å². The number of benzene rings is 3. The molecule has 0 radical (unpaired) electrons. The molecule has 2 N–H and O–H groups in total. The van der Waals surface area contributed by atoms with E-state index in [4.69, 9.17) is 11.6 Å². The quantitative estimate of drug-likeness (QED) is 0.463. The summed E-state index contributed by atoms with van der Waals surface area (Å²) < 4.78 is 28.2. The monoisotopic (exact) mass is 424 g/mol. The summed E-state index contributed by atoms with van der Waals surface area (Å²) in [5.41, 5.74) is 3.11. The Bertz CT molecular complexity index is 1270. The highest BCUT2D eigenvalue weighted by Gasteiger charge is 2.19. The Morgan fingerprint density at radius 1 is 0.793 bits per heavy atom. The van der Waals surface area contributed by atoms with E-state index in [1.165, 1.54) is 24.3 Å². The normalized spacial score (nSPS) is 11.4. The Balaban J connectivity index is 1.77. The van der Waals surface area contributed by atoms with Crippen LogP contribution in [0.5, 0.6) is 0 Å². The highest BCUT2D eigenvalue weighted by molar-refractivity contribution is 7.92. The van der Waals surface area contributed by atoms with Gasteiger partial charge in [-0.3, -0.25) is 4.72 Å². The standard InChI is InChI=1S/C21H17ClN4O2S/c1-14-6-10-16(11-7-14)23-20-21(25-19-5-3-2-4-18(19)24-20)26-29(27,28)17-12-8-15(22)9-13-17/h2-13H,1H3,(H,23,24)(H,25,26). The van der Waals surface area contributed by atoms with E-state index in [1.54, 1.807) is 6.07 Å². The van der Waals surface area contributed by atoms with Crippen LogP contribution in [-0.4, -0.2) is 18.4 Å². The van der Waals surface area contributed by atoms with Crippen molar-refractivity contribution in [1.29, 1.82) is 0 Å². The van der Waals surface area contributed by atoms with Crippen molar-refractivity contribution in [3.05, 3.63) is 83.4 Å². The lowest BCUT2D eigenvalue weighted by molar-refractivity contribution is 0.601. The van der Waals surface area contributed by atoms with Gasteiger partial charge in [-0.2, -0.15) is 0 Å². The molecule has 146 valence electrons. The number of sulfonamides is 1. The first-order valence-corrected chi connectivity index (χ1v) is 10.7. The maximum atomic E-state index is 12.8. The molecule has 8 heteroatoms. The van der Waals surface area contributed by atoms with Crippen molar-refractivity contribution >= 4 is 50.0 Å². The minimum absolute atomic E-state index is 0.0816.